The summed E-state index contributed by atoms with van der Waals surface area (Å²) in [6.07, 6.45) is -3.37. The summed E-state index contributed by atoms with van der Waals surface area (Å²) in [6, 6.07) is 0. The molecule has 20 heavy (non-hydrogen) atoms. The first-order valence-electron chi connectivity index (χ1n) is 5.46. The monoisotopic (exact) mass is 319 g/mol. The summed E-state index contributed by atoms with van der Waals surface area (Å²) < 4.78 is 72.9. The van der Waals surface area contributed by atoms with Gasteiger partial charge in [-0.2, -0.15) is 21.6 Å². The molecule has 12 heteroatoms. The van der Waals surface area contributed by atoms with E-state index in [2.05, 4.69) is 14.2 Å². The van der Waals surface area contributed by atoms with Crippen molar-refractivity contribution < 1.29 is 35.2 Å². The lowest BCUT2D eigenvalue weighted by molar-refractivity contribution is -0.0657. The summed E-state index contributed by atoms with van der Waals surface area (Å²) in [7, 11) is -5.74. The molecule has 0 aromatic heterocycles. The molecule has 0 aromatic carbocycles. The average Bonchev–Trinajstić information content (AvgIpc) is 2.68. The van der Waals surface area contributed by atoms with Crippen molar-refractivity contribution in [1.82, 2.24) is 0 Å². The van der Waals surface area contributed by atoms with Gasteiger partial charge >= 0.3 is 15.6 Å². The van der Waals surface area contributed by atoms with Gasteiger partial charge < -0.3 is 9.47 Å². The van der Waals surface area contributed by atoms with Crippen LogP contribution in [-0.4, -0.2) is 52.0 Å². The van der Waals surface area contributed by atoms with Crippen molar-refractivity contribution in [3.8, 4) is 0 Å². The fraction of sp³-hybridized carbons (Fsp3) is 1.00. The molecule has 0 aromatic rings. The van der Waals surface area contributed by atoms with Crippen LogP contribution in [0.4, 0.5) is 13.2 Å². The van der Waals surface area contributed by atoms with E-state index < -0.39 is 40.5 Å². The van der Waals surface area contributed by atoms with Gasteiger partial charge in [0.25, 0.3) is 0 Å². The highest BCUT2D eigenvalue weighted by Gasteiger charge is 2.51. The molecule has 0 radical (unpaired) electrons. The smallest absolute Gasteiger partial charge is 0.373 e. The Morgan fingerprint density at radius 2 is 2.15 bits per heavy atom. The molecule has 0 saturated carbocycles. The van der Waals surface area contributed by atoms with Crippen molar-refractivity contribution in [3.63, 3.8) is 0 Å². The van der Waals surface area contributed by atoms with Crippen LogP contribution in [0.25, 0.3) is 10.4 Å². The summed E-state index contributed by atoms with van der Waals surface area (Å²) >= 11 is 0. The van der Waals surface area contributed by atoms with E-state index in [1.54, 1.807) is 6.92 Å². The van der Waals surface area contributed by atoms with E-state index >= 15 is 0 Å². The van der Waals surface area contributed by atoms with Gasteiger partial charge in [0.15, 0.2) is 0 Å². The lowest BCUT2D eigenvalue weighted by Gasteiger charge is -2.21. The molecule has 0 aliphatic carbocycles. The zero-order chi connectivity index (χ0) is 15.4. The first-order chi connectivity index (χ1) is 9.23. The Hall–Kier alpha value is -1.07. The largest absolute Gasteiger partial charge is 0.523 e. The van der Waals surface area contributed by atoms with E-state index in [1.807, 2.05) is 0 Å². The molecule has 8 nitrogen and oxygen atoms in total. The van der Waals surface area contributed by atoms with E-state index in [1.165, 1.54) is 0 Å². The van der Waals surface area contributed by atoms with E-state index in [0.29, 0.717) is 0 Å². The molecule has 1 rings (SSSR count). The van der Waals surface area contributed by atoms with Crippen LogP contribution in [0.15, 0.2) is 5.11 Å². The molecule has 3 atom stereocenters. The first kappa shape index (κ1) is 17.0. The average molecular weight is 319 g/mol. The fourth-order valence-corrected chi connectivity index (χ4v) is 2.23. The summed E-state index contributed by atoms with van der Waals surface area (Å²) in [4.78, 5) is 2.48. The Labute approximate surface area is 112 Å². The molecule has 0 N–H and O–H groups in total. The molecule has 0 amide bonds. The Balaban J connectivity index is 2.82. The molecule has 1 aliphatic heterocycles. The van der Waals surface area contributed by atoms with E-state index in [9.17, 15) is 21.6 Å². The highest BCUT2D eigenvalue weighted by molar-refractivity contribution is 7.87. The van der Waals surface area contributed by atoms with Crippen molar-refractivity contribution in [1.29, 1.82) is 0 Å². The lowest BCUT2D eigenvalue weighted by Crippen LogP contribution is -2.40. The number of hydrogen-bond acceptors (Lipinski definition) is 6. The highest BCUT2D eigenvalue weighted by Crippen LogP contribution is 2.30. The van der Waals surface area contributed by atoms with Crippen molar-refractivity contribution in [2.75, 3.05) is 19.8 Å². The van der Waals surface area contributed by atoms with Crippen LogP contribution in [0.1, 0.15) is 6.92 Å². The molecule has 0 unspecified atom stereocenters. The quantitative estimate of drug-likeness (QED) is 0.241. The summed E-state index contributed by atoms with van der Waals surface area (Å²) in [5.41, 5.74) is 2.67. The van der Waals surface area contributed by atoms with Crippen LogP contribution in [0, 0.1) is 0 Å². The van der Waals surface area contributed by atoms with E-state index in [-0.39, 0.29) is 13.2 Å². The van der Waals surface area contributed by atoms with Gasteiger partial charge in [-0.3, -0.25) is 4.18 Å². The van der Waals surface area contributed by atoms with Crippen LogP contribution in [-0.2, 0) is 23.8 Å². The van der Waals surface area contributed by atoms with Gasteiger partial charge in [-0.15, -0.1) is 0 Å². The molecule has 1 heterocycles. The van der Waals surface area contributed by atoms with Crippen molar-refractivity contribution in [2.45, 2.75) is 30.7 Å². The van der Waals surface area contributed by atoms with Gasteiger partial charge in [0.2, 0.25) is 0 Å². The van der Waals surface area contributed by atoms with Gasteiger partial charge in [-0.25, -0.2) is 0 Å². The predicted octanol–water partition coefficient (Wildman–Crippen LogP) is 1.34. The number of alkyl halides is 3. The fourth-order valence-electron chi connectivity index (χ4n) is 1.63. The minimum atomic E-state index is -5.74. The predicted molar refractivity (Wildman–Crippen MR) is 59.0 cm³/mol. The van der Waals surface area contributed by atoms with E-state index in [0.717, 1.165) is 0 Å². The van der Waals surface area contributed by atoms with Crippen LogP contribution in [0.2, 0.25) is 0 Å². The topological polar surface area (TPSA) is 111 Å². The minimum absolute atomic E-state index is 0.104. The van der Waals surface area contributed by atoms with Crippen LogP contribution < -0.4 is 0 Å². The number of ether oxygens (including phenoxy) is 2. The van der Waals surface area contributed by atoms with E-state index in [4.69, 9.17) is 15.0 Å². The van der Waals surface area contributed by atoms with Crippen LogP contribution >= 0.6 is 0 Å². The van der Waals surface area contributed by atoms with Crippen LogP contribution in [0.5, 0.6) is 0 Å². The van der Waals surface area contributed by atoms with Crippen LogP contribution in [0.3, 0.4) is 0 Å². The number of rotatable bonds is 6. The second-order valence-corrected chi connectivity index (χ2v) is 5.30. The molecule has 0 bridgehead atoms. The van der Waals surface area contributed by atoms with Gasteiger partial charge in [-0.1, -0.05) is 5.11 Å². The van der Waals surface area contributed by atoms with Crippen molar-refractivity contribution >= 4 is 10.1 Å². The molecule has 0 spiro atoms. The third-order valence-electron chi connectivity index (χ3n) is 2.43. The van der Waals surface area contributed by atoms with Gasteiger partial charge in [-0.05, 0) is 12.5 Å². The molecule has 116 valence electrons. The van der Waals surface area contributed by atoms with Crippen molar-refractivity contribution in [3.05, 3.63) is 10.4 Å². The minimum Gasteiger partial charge on any atom is -0.373 e. The zero-order valence-electron chi connectivity index (χ0n) is 10.3. The summed E-state index contributed by atoms with van der Waals surface area (Å²) in [5.74, 6) is 0. The standard InChI is InChI=1S/C8H12F3N3O5S/c1-2-17-7-5(3-13-14-12)18-4-6(7)19-20(15,16)8(9,10)11/h5-7H,2-4H2,1H3/t5-,6+,7+/m1/s1. The SMILES string of the molecule is CCO[C@@H]1[C@@H](OS(=O)(=O)C(F)(F)F)CO[C@@H]1CN=[N+]=[N-]. The lowest BCUT2D eigenvalue weighted by atomic mass is 10.1. The Bertz CT molecular complexity index is 476. The number of nitrogens with zero attached hydrogens (tertiary/aromatic N) is 3. The van der Waals surface area contributed by atoms with Gasteiger partial charge in [0.1, 0.15) is 12.2 Å². The van der Waals surface area contributed by atoms with Crippen molar-refractivity contribution in [2.24, 2.45) is 5.11 Å². The maximum Gasteiger partial charge on any atom is 0.523 e. The number of halogens is 3. The highest BCUT2D eigenvalue weighted by atomic mass is 32.2. The normalized spacial score (nSPS) is 27.3. The Kier molecular flexibility index (Phi) is 5.59. The maximum absolute atomic E-state index is 12.2. The molecular formula is C8H12F3N3O5S. The Morgan fingerprint density at radius 1 is 1.50 bits per heavy atom. The second-order valence-electron chi connectivity index (χ2n) is 3.74. The molecule has 1 aliphatic rings. The number of azide groups is 1. The third kappa shape index (κ3) is 3.96. The summed E-state index contributed by atoms with van der Waals surface area (Å²) in [5, 5.41) is 3.21. The molecule has 1 saturated heterocycles. The first-order valence-corrected chi connectivity index (χ1v) is 6.87. The third-order valence-corrected chi connectivity index (χ3v) is 3.49. The van der Waals surface area contributed by atoms with Gasteiger partial charge in [0, 0.05) is 11.5 Å². The number of hydrogen-bond donors (Lipinski definition) is 0. The summed E-state index contributed by atoms with van der Waals surface area (Å²) in [6.45, 7) is 1.06. The zero-order valence-corrected chi connectivity index (χ0v) is 11.1. The maximum atomic E-state index is 12.2. The molecule has 1 fully saturated rings. The molecular weight excluding hydrogens is 307 g/mol. The second kappa shape index (κ2) is 6.59. The van der Waals surface area contributed by atoms with Gasteiger partial charge in [0.05, 0.1) is 19.3 Å². The Morgan fingerprint density at radius 3 is 2.65 bits per heavy atom.